The van der Waals surface area contributed by atoms with Crippen molar-refractivity contribution in [2.75, 3.05) is 0 Å². The summed E-state index contributed by atoms with van der Waals surface area (Å²) in [6.45, 7) is 7.31. The van der Waals surface area contributed by atoms with E-state index in [1.807, 2.05) is 23.0 Å². The summed E-state index contributed by atoms with van der Waals surface area (Å²) in [7, 11) is 0. The van der Waals surface area contributed by atoms with Crippen LogP contribution >= 0.6 is 0 Å². The summed E-state index contributed by atoms with van der Waals surface area (Å²) < 4.78 is 1.90. The van der Waals surface area contributed by atoms with E-state index in [4.69, 9.17) is 0 Å². The molecule has 0 saturated carbocycles. The van der Waals surface area contributed by atoms with Crippen LogP contribution in [0.5, 0.6) is 0 Å². The lowest BCUT2D eigenvalue weighted by Gasteiger charge is -2.10. The monoisotopic (exact) mass is 259 g/mol. The molecule has 5 nitrogen and oxygen atoms in total. The average Bonchev–Trinajstić information content (AvgIpc) is 2.81. The van der Waals surface area contributed by atoms with Crippen molar-refractivity contribution in [2.24, 2.45) is 0 Å². The molecular formula is C14H21N5. The van der Waals surface area contributed by atoms with Gasteiger partial charge in [-0.05, 0) is 18.6 Å². The van der Waals surface area contributed by atoms with Crippen molar-refractivity contribution >= 4 is 0 Å². The Kier molecular flexibility index (Phi) is 4.63. The van der Waals surface area contributed by atoms with Crippen LogP contribution in [0.15, 0.2) is 24.5 Å². The zero-order valence-electron chi connectivity index (χ0n) is 11.8. The Morgan fingerprint density at radius 1 is 1.37 bits per heavy atom. The number of hydrogen-bond donors (Lipinski definition) is 1. The molecule has 0 amide bonds. The van der Waals surface area contributed by atoms with E-state index in [1.54, 1.807) is 6.20 Å². The van der Waals surface area contributed by atoms with Gasteiger partial charge in [0.2, 0.25) is 0 Å². The van der Waals surface area contributed by atoms with Crippen LogP contribution in [0.3, 0.4) is 0 Å². The first-order chi connectivity index (χ1) is 9.22. The number of hydrogen-bond acceptors (Lipinski definition) is 4. The number of nitrogens with one attached hydrogen (secondary N) is 1. The minimum absolute atomic E-state index is 0.467. The van der Waals surface area contributed by atoms with Gasteiger partial charge in [0.05, 0.1) is 11.9 Å². The normalized spacial score (nSPS) is 11.2. The molecule has 0 aliphatic rings. The molecule has 0 aliphatic heterocycles. The fourth-order valence-corrected chi connectivity index (χ4v) is 1.98. The standard InChI is InChI=1S/C14H21N5/c1-4-6-13-12(9-15-11(2)3)10-17-19(13)14-7-5-8-16-18-14/h5,7-8,10-11,15H,4,6,9H2,1-3H3. The SMILES string of the molecule is CCCc1c(CNC(C)C)cnn1-c1cccnn1. The predicted molar refractivity (Wildman–Crippen MR) is 75.1 cm³/mol. The molecule has 2 aromatic heterocycles. The van der Waals surface area contributed by atoms with Crippen LogP contribution in [0.2, 0.25) is 0 Å². The third kappa shape index (κ3) is 3.38. The van der Waals surface area contributed by atoms with E-state index >= 15 is 0 Å². The fraction of sp³-hybridized carbons (Fsp3) is 0.500. The molecule has 0 aromatic carbocycles. The molecule has 19 heavy (non-hydrogen) atoms. The second-order valence-corrected chi connectivity index (χ2v) is 4.90. The van der Waals surface area contributed by atoms with Crippen molar-refractivity contribution < 1.29 is 0 Å². The van der Waals surface area contributed by atoms with E-state index < -0.39 is 0 Å². The van der Waals surface area contributed by atoms with E-state index in [2.05, 4.69) is 41.4 Å². The third-order valence-electron chi connectivity index (χ3n) is 2.92. The number of nitrogens with zero attached hydrogens (tertiary/aromatic N) is 4. The lowest BCUT2D eigenvalue weighted by molar-refractivity contribution is 0.584. The maximum Gasteiger partial charge on any atom is 0.175 e. The highest BCUT2D eigenvalue weighted by Crippen LogP contribution is 2.15. The molecule has 2 aromatic rings. The van der Waals surface area contributed by atoms with Crippen LogP contribution in [0.4, 0.5) is 0 Å². The van der Waals surface area contributed by atoms with Crippen molar-refractivity contribution in [1.29, 1.82) is 0 Å². The van der Waals surface area contributed by atoms with Crippen LogP contribution in [-0.4, -0.2) is 26.0 Å². The first-order valence-corrected chi connectivity index (χ1v) is 6.79. The van der Waals surface area contributed by atoms with Crippen molar-refractivity contribution in [3.8, 4) is 5.82 Å². The smallest absolute Gasteiger partial charge is 0.175 e. The van der Waals surface area contributed by atoms with Crippen molar-refractivity contribution in [3.63, 3.8) is 0 Å². The van der Waals surface area contributed by atoms with Crippen LogP contribution in [0, 0.1) is 0 Å². The Hall–Kier alpha value is -1.75. The summed E-state index contributed by atoms with van der Waals surface area (Å²) >= 11 is 0. The molecule has 102 valence electrons. The van der Waals surface area contributed by atoms with Crippen molar-refractivity contribution in [1.82, 2.24) is 25.3 Å². The highest BCUT2D eigenvalue weighted by atomic mass is 15.3. The average molecular weight is 259 g/mol. The van der Waals surface area contributed by atoms with Crippen LogP contribution < -0.4 is 5.32 Å². The molecule has 2 rings (SSSR count). The molecule has 0 saturated heterocycles. The predicted octanol–water partition coefficient (Wildman–Crippen LogP) is 2.11. The number of rotatable bonds is 6. The zero-order valence-corrected chi connectivity index (χ0v) is 11.8. The highest BCUT2D eigenvalue weighted by molar-refractivity contribution is 5.28. The Bertz CT molecular complexity index is 504. The van der Waals surface area contributed by atoms with Gasteiger partial charge < -0.3 is 5.32 Å². The molecule has 0 fully saturated rings. The molecular weight excluding hydrogens is 238 g/mol. The first kappa shape index (κ1) is 13.7. The second kappa shape index (κ2) is 6.43. The fourth-order valence-electron chi connectivity index (χ4n) is 1.98. The lowest BCUT2D eigenvalue weighted by Crippen LogP contribution is -2.22. The lowest BCUT2D eigenvalue weighted by atomic mass is 10.1. The summed E-state index contributed by atoms with van der Waals surface area (Å²) in [5.74, 6) is 0.779. The number of aromatic nitrogens is 4. The van der Waals surface area contributed by atoms with E-state index in [-0.39, 0.29) is 0 Å². The topological polar surface area (TPSA) is 55.6 Å². The molecule has 2 heterocycles. The minimum Gasteiger partial charge on any atom is -0.310 e. The van der Waals surface area contributed by atoms with Gasteiger partial charge in [-0.2, -0.15) is 10.2 Å². The second-order valence-electron chi connectivity index (χ2n) is 4.90. The Morgan fingerprint density at radius 3 is 2.84 bits per heavy atom. The first-order valence-electron chi connectivity index (χ1n) is 6.79. The summed E-state index contributed by atoms with van der Waals surface area (Å²) in [6.07, 6.45) is 5.68. The van der Waals surface area contributed by atoms with Crippen LogP contribution in [0.25, 0.3) is 5.82 Å². The maximum atomic E-state index is 4.46. The van der Waals surface area contributed by atoms with E-state index in [1.165, 1.54) is 11.3 Å². The Morgan fingerprint density at radius 2 is 2.21 bits per heavy atom. The van der Waals surface area contributed by atoms with Crippen molar-refractivity contribution in [2.45, 2.75) is 46.2 Å². The Balaban J connectivity index is 2.29. The van der Waals surface area contributed by atoms with Crippen LogP contribution in [0.1, 0.15) is 38.4 Å². The largest absolute Gasteiger partial charge is 0.310 e. The summed E-state index contributed by atoms with van der Waals surface area (Å²) in [5.41, 5.74) is 2.46. The third-order valence-corrected chi connectivity index (χ3v) is 2.92. The highest BCUT2D eigenvalue weighted by Gasteiger charge is 2.12. The van der Waals surface area contributed by atoms with E-state index in [0.717, 1.165) is 25.2 Å². The van der Waals surface area contributed by atoms with Gasteiger partial charge in [0.15, 0.2) is 5.82 Å². The van der Waals surface area contributed by atoms with Gasteiger partial charge in [-0.3, -0.25) is 0 Å². The molecule has 1 N–H and O–H groups in total. The van der Waals surface area contributed by atoms with Gasteiger partial charge in [-0.15, -0.1) is 5.10 Å². The quantitative estimate of drug-likeness (QED) is 0.863. The maximum absolute atomic E-state index is 4.46. The van der Waals surface area contributed by atoms with Gasteiger partial charge in [0, 0.05) is 24.3 Å². The minimum atomic E-state index is 0.467. The zero-order chi connectivity index (χ0) is 13.7. The Labute approximate surface area is 114 Å². The van der Waals surface area contributed by atoms with E-state index in [0.29, 0.717) is 6.04 Å². The van der Waals surface area contributed by atoms with Gasteiger partial charge >= 0.3 is 0 Å². The van der Waals surface area contributed by atoms with Crippen molar-refractivity contribution in [3.05, 3.63) is 35.8 Å². The van der Waals surface area contributed by atoms with E-state index in [9.17, 15) is 0 Å². The van der Waals surface area contributed by atoms with Crippen LogP contribution in [-0.2, 0) is 13.0 Å². The molecule has 0 spiro atoms. The van der Waals surface area contributed by atoms with Gasteiger partial charge in [-0.1, -0.05) is 27.2 Å². The van der Waals surface area contributed by atoms with Gasteiger partial charge in [0.1, 0.15) is 0 Å². The molecule has 5 heteroatoms. The summed E-state index contributed by atoms with van der Waals surface area (Å²) in [5, 5.41) is 15.9. The molecule has 0 atom stereocenters. The van der Waals surface area contributed by atoms with Gasteiger partial charge in [0.25, 0.3) is 0 Å². The van der Waals surface area contributed by atoms with Gasteiger partial charge in [-0.25, -0.2) is 4.68 Å². The molecule has 0 radical (unpaired) electrons. The molecule has 0 bridgehead atoms. The molecule has 0 aliphatic carbocycles. The summed E-state index contributed by atoms with van der Waals surface area (Å²) in [6, 6.07) is 4.28. The molecule has 0 unspecified atom stereocenters. The summed E-state index contributed by atoms with van der Waals surface area (Å²) in [4.78, 5) is 0.